The van der Waals surface area contributed by atoms with Gasteiger partial charge in [-0.2, -0.15) is 0 Å². The number of halogens is 1. The molecule has 1 aliphatic rings. The summed E-state index contributed by atoms with van der Waals surface area (Å²) in [5.74, 6) is 0.0363. The molecule has 1 aliphatic heterocycles. The minimum absolute atomic E-state index is 0. The molecule has 112 valence electrons. The molecule has 1 aromatic carbocycles. The van der Waals surface area contributed by atoms with Gasteiger partial charge in [0.05, 0.1) is 0 Å². The predicted octanol–water partition coefficient (Wildman–Crippen LogP) is 2.89. The third-order valence-electron chi connectivity index (χ3n) is 3.65. The van der Waals surface area contributed by atoms with Gasteiger partial charge in [0, 0.05) is 18.2 Å². The Hall–Kier alpha value is -1.06. The lowest BCUT2D eigenvalue weighted by atomic mass is 9.86. The average molecular weight is 297 g/mol. The summed E-state index contributed by atoms with van der Waals surface area (Å²) in [5, 5.41) is 6.40. The zero-order chi connectivity index (χ0) is 13.9. The van der Waals surface area contributed by atoms with E-state index in [2.05, 4.69) is 31.4 Å². The average Bonchev–Trinajstić information content (AvgIpc) is 2.39. The molecule has 1 saturated heterocycles. The molecule has 0 spiro atoms. The van der Waals surface area contributed by atoms with E-state index in [0.29, 0.717) is 0 Å². The second-order valence-electron chi connectivity index (χ2n) is 6.34. The first-order valence-corrected chi connectivity index (χ1v) is 7.09. The first-order valence-electron chi connectivity index (χ1n) is 7.09. The van der Waals surface area contributed by atoms with E-state index in [-0.39, 0.29) is 29.8 Å². The van der Waals surface area contributed by atoms with Crippen molar-refractivity contribution in [3.8, 4) is 0 Å². The van der Waals surface area contributed by atoms with Crippen LogP contribution in [0.5, 0.6) is 0 Å². The molecule has 1 amide bonds. The molecular weight excluding hydrogens is 272 g/mol. The van der Waals surface area contributed by atoms with Gasteiger partial charge in [-0.25, -0.2) is 0 Å². The lowest BCUT2D eigenvalue weighted by molar-refractivity contribution is 0.0930. The van der Waals surface area contributed by atoms with Crippen molar-refractivity contribution in [2.75, 3.05) is 13.1 Å². The fraction of sp³-hybridized carbons (Fsp3) is 0.562. The van der Waals surface area contributed by atoms with Crippen LogP contribution in [-0.2, 0) is 5.41 Å². The van der Waals surface area contributed by atoms with Gasteiger partial charge in [-0.15, -0.1) is 12.4 Å². The second-order valence-corrected chi connectivity index (χ2v) is 6.34. The zero-order valence-electron chi connectivity index (χ0n) is 12.5. The maximum Gasteiger partial charge on any atom is 0.251 e. The summed E-state index contributed by atoms with van der Waals surface area (Å²) in [6, 6.07) is 8.21. The second kappa shape index (κ2) is 7.09. The Morgan fingerprint density at radius 1 is 1.25 bits per heavy atom. The number of hydrogen-bond donors (Lipinski definition) is 2. The molecule has 0 saturated carbocycles. The molecule has 1 fully saturated rings. The van der Waals surface area contributed by atoms with Gasteiger partial charge in [0.2, 0.25) is 0 Å². The third-order valence-corrected chi connectivity index (χ3v) is 3.65. The summed E-state index contributed by atoms with van der Waals surface area (Å²) in [6.07, 6.45) is 2.20. The number of carbonyl (C=O) groups excluding carboxylic acids is 1. The summed E-state index contributed by atoms with van der Waals surface area (Å²) in [6.45, 7) is 8.47. The van der Waals surface area contributed by atoms with Crippen LogP contribution in [0.25, 0.3) is 0 Å². The predicted molar refractivity (Wildman–Crippen MR) is 85.7 cm³/mol. The highest BCUT2D eigenvalue weighted by molar-refractivity contribution is 5.94. The van der Waals surface area contributed by atoms with E-state index in [4.69, 9.17) is 0 Å². The van der Waals surface area contributed by atoms with Crippen LogP contribution in [0.1, 0.15) is 49.5 Å². The van der Waals surface area contributed by atoms with Gasteiger partial charge in [-0.3, -0.25) is 4.79 Å². The summed E-state index contributed by atoms with van der Waals surface area (Å²) >= 11 is 0. The molecule has 0 unspecified atom stereocenters. The van der Waals surface area contributed by atoms with Crippen LogP contribution in [0.3, 0.4) is 0 Å². The van der Waals surface area contributed by atoms with Crippen molar-refractivity contribution in [3.05, 3.63) is 35.4 Å². The van der Waals surface area contributed by atoms with Gasteiger partial charge < -0.3 is 10.6 Å². The van der Waals surface area contributed by atoms with E-state index in [9.17, 15) is 4.79 Å². The molecule has 20 heavy (non-hydrogen) atoms. The lowest BCUT2D eigenvalue weighted by Gasteiger charge is -2.24. The molecule has 2 rings (SSSR count). The molecule has 4 heteroatoms. The van der Waals surface area contributed by atoms with Crippen molar-refractivity contribution in [1.82, 2.24) is 10.6 Å². The standard InChI is InChI=1S/C16H24N2O.ClH/c1-16(2,3)13-8-6-12(7-9-13)15(19)18-14-5-4-10-17-11-14;/h6-9,14,17H,4-5,10-11H2,1-3H3,(H,18,19);1H/t14-;/m0./s1. The van der Waals surface area contributed by atoms with E-state index in [1.807, 2.05) is 24.3 Å². The quantitative estimate of drug-likeness (QED) is 0.881. The number of rotatable bonds is 2. The molecule has 0 radical (unpaired) electrons. The van der Waals surface area contributed by atoms with Crippen molar-refractivity contribution >= 4 is 18.3 Å². The van der Waals surface area contributed by atoms with Gasteiger partial charge >= 0.3 is 0 Å². The maximum absolute atomic E-state index is 12.1. The Morgan fingerprint density at radius 3 is 2.40 bits per heavy atom. The number of carbonyl (C=O) groups is 1. The number of piperidine rings is 1. The number of hydrogen-bond acceptors (Lipinski definition) is 2. The Labute approximate surface area is 127 Å². The minimum atomic E-state index is 0. The van der Waals surface area contributed by atoms with E-state index in [0.717, 1.165) is 31.5 Å². The first kappa shape index (κ1) is 17.0. The first-order chi connectivity index (χ1) is 8.97. The van der Waals surface area contributed by atoms with Crippen molar-refractivity contribution in [2.24, 2.45) is 0 Å². The molecule has 0 bridgehead atoms. The largest absolute Gasteiger partial charge is 0.348 e. The highest BCUT2D eigenvalue weighted by atomic mass is 35.5. The third kappa shape index (κ3) is 4.50. The molecule has 0 aromatic heterocycles. The van der Waals surface area contributed by atoms with Gasteiger partial charge in [0.15, 0.2) is 0 Å². The highest BCUT2D eigenvalue weighted by Gasteiger charge is 2.17. The van der Waals surface area contributed by atoms with Crippen LogP contribution in [0.2, 0.25) is 0 Å². The fourth-order valence-corrected chi connectivity index (χ4v) is 2.37. The summed E-state index contributed by atoms with van der Waals surface area (Å²) in [7, 11) is 0. The number of nitrogens with one attached hydrogen (secondary N) is 2. The van der Waals surface area contributed by atoms with E-state index in [1.165, 1.54) is 5.56 Å². The van der Waals surface area contributed by atoms with Gasteiger partial charge in [-0.05, 0) is 42.5 Å². The van der Waals surface area contributed by atoms with Crippen LogP contribution < -0.4 is 10.6 Å². The van der Waals surface area contributed by atoms with Crippen molar-refractivity contribution < 1.29 is 4.79 Å². The SMILES string of the molecule is CC(C)(C)c1ccc(C(=O)N[C@H]2CCCNC2)cc1.Cl. The molecular formula is C16H25ClN2O. The maximum atomic E-state index is 12.1. The van der Waals surface area contributed by atoms with Crippen molar-refractivity contribution in [3.63, 3.8) is 0 Å². The number of benzene rings is 1. The Morgan fingerprint density at radius 2 is 1.90 bits per heavy atom. The van der Waals surface area contributed by atoms with Gasteiger partial charge in [-0.1, -0.05) is 32.9 Å². The van der Waals surface area contributed by atoms with Crippen LogP contribution in [0.4, 0.5) is 0 Å². The molecule has 1 aromatic rings. The van der Waals surface area contributed by atoms with Gasteiger partial charge in [0.25, 0.3) is 5.91 Å². The van der Waals surface area contributed by atoms with Crippen LogP contribution >= 0.6 is 12.4 Å². The smallest absolute Gasteiger partial charge is 0.251 e. The summed E-state index contributed by atoms with van der Waals surface area (Å²) in [5.41, 5.74) is 2.13. The van der Waals surface area contributed by atoms with Crippen LogP contribution in [0.15, 0.2) is 24.3 Å². The van der Waals surface area contributed by atoms with Gasteiger partial charge in [0.1, 0.15) is 0 Å². The Bertz CT molecular complexity index is 431. The molecule has 0 aliphatic carbocycles. The van der Waals surface area contributed by atoms with E-state index < -0.39 is 0 Å². The molecule has 1 heterocycles. The molecule has 1 atom stereocenters. The normalized spacial score (nSPS) is 19.1. The lowest BCUT2D eigenvalue weighted by Crippen LogP contribution is -2.45. The number of amides is 1. The topological polar surface area (TPSA) is 41.1 Å². The van der Waals surface area contributed by atoms with Crippen LogP contribution in [0, 0.1) is 0 Å². The van der Waals surface area contributed by atoms with E-state index >= 15 is 0 Å². The molecule has 3 nitrogen and oxygen atoms in total. The zero-order valence-corrected chi connectivity index (χ0v) is 13.3. The summed E-state index contributed by atoms with van der Waals surface area (Å²) < 4.78 is 0. The highest BCUT2D eigenvalue weighted by Crippen LogP contribution is 2.22. The van der Waals surface area contributed by atoms with Crippen molar-refractivity contribution in [2.45, 2.75) is 45.1 Å². The Kier molecular flexibility index (Phi) is 6.03. The molecule has 2 N–H and O–H groups in total. The monoisotopic (exact) mass is 296 g/mol. The fourth-order valence-electron chi connectivity index (χ4n) is 2.37. The summed E-state index contributed by atoms with van der Waals surface area (Å²) in [4.78, 5) is 12.1. The van der Waals surface area contributed by atoms with Crippen LogP contribution in [-0.4, -0.2) is 25.0 Å². The van der Waals surface area contributed by atoms with Crippen molar-refractivity contribution in [1.29, 1.82) is 0 Å². The minimum Gasteiger partial charge on any atom is -0.348 e. The Balaban J connectivity index is 0.00000200. The van der Waals surface area contributed by atoms with E-state index in [1.54, 1.807) is 0 Å².